The Balaban J connectivity index is 1.79. The molecular formula is C35H46N2O10. The van der Waals surface area contributed by atoms with Gasteiger partial charge in [0, 0.05) is 18.7 Å². The number of amides is 1. The van der Waals surface area contributed by atoms with Crippen molar-refractivity contribution in [2.75, 3.05) is 13.7 Å². The first kappa shape index (κ1) is 37.0. The monoisotopic (exact) mass is 654 g/mol. The maximum absolute atomic E-state index is 13.5. The second-order valence-corrected chi connectivity index (χ2v) is 11.8. The molecule has 0 radical (unpaired) electrons. The van der Waals surface area contributed by atoms with Gasteiger partial charge in [0.05, 0.1) is 13.0 Å². The number of rotatable bonds is 15. The molecular weight excluding hydrogens is 608 g/mol. The van der Waals surface area contributed by atoms with Crippen LogP contribution in [0.3, 0.4) is 0 Å². The molecule has 2 heterocycles. The highest BCUT2D eigenvalue weighted by Gasteiger charge is 2.42. The Kier molecular flexibility index (Phi) is 14.6. The smallest absolute Gasteiger partial charge is 0.332 e. The lowest BCUT2D eigenvalue weighted by atomic mass is 9.91. The number of methoxy groups -OCH3 is 1. The first-order valence-electron chi connectivity index (χ1n) is 16.2. The number of unbranched alkanes of at least 4 members (excludes halogenated alkanes) is 5. The molecule has 2 aromatic rings. The Morgan fingerprint density at radius 3 is 2.38 bits per heavy atom. The van der Waals surface area contributed by atoms with Crippen molar-refractivity contribution in [1.82, 2.24) is 10.3 Å². The number of ether oxygens (including phenoxy) is 5. The minimum Gasteiger partial charge on any atom is -0.493 e. The van der Waals surface area contributed by atoms with Gasteiger partial charge in [0.25, 0.3) is 5.91 Å². The van der Waals surface area contributed by atoms with E-state index in [1.807, 2.05) is 30.3 Å². The van der Waals surface area contributed by atoms with Crippen molar-refractivity contribution in [3.8, 4) is 11.5 Å². The Hall–Kier alpha value is -4.48. The SMILES string of the molecule is CCCCCCCCC(=O)Oc1c(OC)ccnc1C(=O)NC1COC(=O)C(Cc2ccccc2)C(OC(=O)C(C)C)C(C)OC1=O. The van der Waals surface area contributed by atoms with E-state index in [4.69, 9.17) is 23.7 Å². The van der Waals surface area contributed by atoms with Crippen molar-refractivity contribution in [2.45, 2.75) is 97.3 Å². The predicted molar refractivity (Wildman–Crippen MR) is 171 cm³/mol. The number of pyridine rings is 1. The van der Waals surface area contributed by atoms with E-state index in [0.29, 0.717) is 6.42 Å². The summed E-state index contributed by atoms with van der Waals surface area (Å²) in [6.07, 6.45) is 5.23. The Morgan fingerprint density at radius 2 is 1.70 bits per heavy atom. The summed E-state index contributed by atoms with van der Waals surface area (Å²) in [6, 6.07) is 9.08. The van der Waals surface area contributed by atoms with Crippen molar-refractivity contribution < 1.29 is 47.7 Å². The van der Waals surface area contributed by atoms with E-state index in [0.717, 1.165) is 37.7 Å². The van der Waals surface area contributed by atoms with E-state index >= 15 is 0 Å². The summed E-state index contributed by atoms with van der Waals surface area (Å²) in [7, 11) is 1.35. The Morgan fingerprint density at radius 1 is 1.00 bits per heavy atom. The van der Waals surface area contributed by atoms with Crippen LogP contribution < -0.4 is 14.8 Å². The summed E-state index contributed by atoms with van der Waals surface area (Å²) < 4.78 is 27.7. The van der Waals surface area contributed by atoms with E-state index in [-0.39, 0.29) is 30.0 Å². The lowest BCUT2D eigenvalue weighted by Crippen LogP contribution is -2.47. The minimum atomic E-state index is -1.45. The molecule has 4 unspecified atom stereocenters. The fraction of sp³-hybridized carbons (Fsp3) is 0.543. The molecule has 0 spiro atoms. The zero-order valence-electron chi connectivity index (χ0n) is 27.8. The molecule has 1 amide bonds. The van der Waals surface area contributed by atoms with Gasteiger partial charge < -0.3 is 29.0 Å². The molecule has 256 valence electrons. The van der Waals surface area contributed by atoms with Crippen LogP contribution in [0.15, 0.2) is 42.6 Å². The number of carbonyl (C=O) groups is 5. The highest BCUT2D eigenvalue weighted by atomic mass is 16.6. The molecule has 1 aromatic heterocycles. The average Bonchev–Trinajstić information content (AvgIpc) is 3.08. The molecule has 47 heavy (non-hydrogen) atoms. The summed E-state index contributed by atoms with van der Waals surface area (Å²) in [5.74, 6) is -5.29. The van der Waals surface area contributed by atoms with Crippen LogP contribution in [0.4, 0.5) is 0 Å². The third kappa shape index (κ3) is 11.1. The number of esters is 4. The van der Waals surface area contributed by atoms with Gasteiger partial charge in [-0.15, -0.1) is 0 Å². The number of hydrogen-bond acceptors (Lipinski definition) is 11. The van der Waals surface area contributed by atoms with Crippen LogP contribution in [0.1, 0.15) is 88.7 Å². The van der Waals surface area contributed by atoms with Crippen molar-refractivity contribution >= 4 is 29.8 Å². The lowest BCUT2D eigenvalue weighted by molar-refractivity contribution is -0.176. The minimum absolute atomic E-state index is 0.0945. The Bertz CT molecular complexity index is 1360. The number of nitrogens with zero attached hydrogens (tertiary/aromatic N) is 1. The molecule has 1 aliphatic heterocycles. The standard InChI is InChI=1S/C35H46N2O10/c1-6-7-8-9-10-14-17-28(38)46-31-27(43-5)18-19-36-29(31)32(39)37-26-21-44-34(41)25(20-24-15-12-11-13-16-24)30(23(4)45-35(26)42)47-33(40)22(2)3/h11-13,15-16,18-19,22-23,25-26,30H,6-10,14,17,20-21H2,1-5H3,(H,37,39). The topological polar surface area (TPSA) is 156 Å². The van der Waals surface area contributed by atoms with E-state index in [1.165, 1.54) is 26.3 Å². The molecule has 1 aromatic carbocycles. The first-order chi connectivity index (χ1) is 22.5. The fourth-order valence-electron chi connectivity index (χ4n) is 5.04. The molecule has 1 aliphatic rings. The van der Waals surface area contributed by atoms with Crippen LogP contribution in [-0.4, -0.2) is 66.7 Å². The van der Waals surface area contributed by atoms with E-state index < -0.39 is 66.5 Å². The molecule has 3 rings (SSSR count). The van der Waals surface area contributed by atoms with Crippen LogP contribution in [-0.2, 0) is 39.8 Å². The molecule has 1 saturated heterocycles. The van der Waals surface area contributed by atoms with Gasteiger partial charge in [-0.2, -0.15) is 0 Å². The molecule has 12 heteroatoms. The largest absolute Gasteiger partial charge is 0.493 e. The van der Waals surface area contributed by atoms with Gasteiger partial charge in [0.2, 0.25) is 5.75 Å². The predicted octanol–water partition coefficient (Wildman–Crippen LogP) is 4.76. The van der Waals surface area contributed by atoms with Crippen molar-refractivity contribution in [2.24, 2.45) is 11.8 Å². The normalized spacial score (nSPS) is 19.8. The number of carbonyl (C=O) groups excluding carboxylic acids is 5. The van der Waals surface area contributed by atoms with Gasteiger partial charge in [0.1, 0.15) is 18.6 Å². The summed E-state index contributed by atoms with van der Waals surface area (Å²) in [4.78, 5) is 69.7. The highest BCUT2D eigenvalue weighted by Crippen LogP contribution is 2.30. The lowest BCUT2D eigenvalue weighted by Gasteiger charge is -2.29. The summed E-state index contributed by atoms with van der Waals surface area (Å²) in [5.41, 5.74) is 0.476. The highest BCUT2D eigenvalue weighted by molar-refractivity contribution is 5.99. The molecule has 0 aliphatic carbocycles. The van der Waals surface area contributed by atoms with E-state index in [2.05, 4.69) is 17.2 Å². The molecule has 1 N–H and O–H groups in total. The number of benzene rings is 1. The number of aromatic nitrogens is 1. The molecule has 0 bridgehead atoms. The maximum atomic E-state index is 13.5. The number of cyclic esters (lactones) is 2. The number of nitrogens with one attached hydrogen (secondary N) is 1. The zero-order chi connectivity index (χ0) is 34.3. The Labute approximate surface area is 275 Å². The van der Waals surface area contributed by atoms with Crippen LogP contribution in [0.25, 0.3) is 0 Å². The van der Waals surface area contributed by atoms with Crippen LogP contribution in [0, 0.1) is 11.8 Å². The van der Waals surface area contributed by atoms with Gasteiger partial charge >= 0.3 is 23.9 Å². The van der Waals surface area contributed by atoms with Crippen molar-refractivity contribution in [3.05, 3.63) is 53.9 Å². The van der Waals surface area contributed by atoms with E-state index in [9.17, 15) is 24.0 Å². The quantitative estimate of drug-likeness (QED) is 0.160. The van der Waals surface area contributed by atoms with Gasteiger partial charge in [0.15, 0.2) is 23.6 Å². The maximum Gasteiger partial charge on any atom is 0.332 e. The van der Waals surface area contributed by atoms with Gasteiger partial charge in [-0.25, -0.2) is 9.78 Å². The second kappa shape index (κ2) is 18.6. The summed E-state index contributed by atoms with van der Waals surface area (Å²) in [5, 5.41) is 2.49. The summed E-state index contributed by atoms with van der Waals surface area (Å²) in [6.45, 7) is 6.37. The first-order valence-corrected chi connectivity index (χ1v) is 16.2. The van der Waals surface area contributed by atoms with E-state index in [1.54, 1.807) is 13.8 Å². The summed E-state index contributed by atoms with van der Waals surface area (Å²) >= 11 is 0. The third-order valence-electron chi connectivity index (χ3n) is 7.72. The van der Waals surface area contributed by atoms with Crippen LogP contribution >= 0.6 is 0 Å². The van der Waals surface area contributed by atoms with Crippen molar-refractivity contribution in [3.63, 3.8) is 0 Å². The van der Waals surface area contributed by atoms with Crippen LogP contribution in [0.2, 0.25) is 0 Å². The third-order valence-corrected chi connectivity index (χ3v) is 7.72. The van der Waals surface area contributed by atoms with Gasteiger partial charge in [-0.3, -0.25) is 19.2 Å². The van der Waals surface area contributed by atoms with Crippen molar-refractivity contribution in [1.29, 1.82) is 0 Å². The van der Waals surface area contributed by atoms with Gasteiger partial charge in [-0.05, 0) is 25.3 Å². The molecule has 4 atom stereocenters. The zero-order valence-corrected chi connectivity index (χ0v) is 27.8. The molecule has 12 nitrogen and oxygen atoms in total. The average molecular weight is 655 g/mol. The fourth-order valence-corrected chi connectivity index (χ4v) is 5.04. The number of hydrogen-bond donors (Lipinski definition) is 1. The second-order valence-electron chi connectivity index (χ2n) is 11.8. The molecule has 0 saturated carbocycles. The van der Waals surface area contributed by atoms with Gasteiger partial charge in [-0.1, -0.05) is 83.2 Å². The molecule has 1 fully saturated rings. The van der Waals surface area contributed by atoms with Crippen LogP contribution in [0.5, 0.6) is 11.5 Å².